The number of aryl methyl sites for hydroxylation is 1. The number of benzene rings is 2. The van der Waals surface area contributed by atoms with Gasteiger partial charge in [0.05, 0.1) is 28.7 Å². The molecule has 2 heterocycles. The Kier molecular flexibility index (Phi) is 6.34. The summed E-state index contributed by atoms with van der Waals surface area (Å²) in [5, 5.41) is 0.696. The van der Waals surface area contributed by atoms with Crippen LogP contribution in [0.5, 0.6) is 0 Å². The predicted molar refractivity (Wildman–Crippen MR) is 117 cm³/mol. The van der Waals surface area contributed by atoms with E-state index in [9.17, 15) is 18.0 Å². The van der Waals surface area contributed by atoms with Crippen LogP contribution in [0.1, 0.15) is 21.5 Å². The van der Waals surface area contributed by atoms with Gasteiger partial charge in [-0.15, -0.1) is 0 Å². The molecule has 1 fully saturated rings. The maximum absolute atomic E-state index is 12.9. The summed E-state index contributed by atoms with van der Waals surface area (Å²) in [6.07, 6.45) is 0. The third-order valence-corrected chi connectivity index (χ3v) is 7.33. The molecule has 0 atom stereocenters. The van der Waals surface area contributed by atoms with Gasteiger partial charge >= 0.3 is 11.6 Å². The van der Waals surface area contributed by atoms with Crippen LogP contribution in [0.25, 0.3) is 11.0 Å². The number of carbonyl (C=O) groups is 1. The van der Waals surface area contributed by atoms with Crippen molar-refractivity contribution in [3.05, 3.63) is 74.6 Å². The Morgan fingerprint density at radius 3 is 2.62 bits per heavy atom. The van der Waals surface area contributed by atoms with Crippen molar-refractivity contribution in [2.45, 2.75) is 18.4 Å². The second kappa shape index (κ2) is 9.03. The maximum Gasteiger partial charge on any atom is 0.340 e. The molecule has 0 unspecified atom stereocenters. The van der Waals surface area contributed by atoms with Gasteiger partial charge in [-0.1, -0.05) is 23.7 Å². The van der Waals surface area contributed by atoms with Crippen LogP contribution >= 0.6 is 11.6 Å². The number of nitrogens with zero attached hydrogens (tertiary/aromatic N) is 1. The lowest BCUT2D eigenvalue weighted by atomic mass is 10.1. The van der Waals surface area contributed by atoms with Gasteiger partial charge in [-0.3, -0.25) is 0 Å². The standard InChI is InChI=1S/C22H20ClNO7S/c1-14-2-4-17-15(11-21(25)31-20(17)10-14)13-30-22(26)18-12-16(3-5-19(18)23)32(27,28)24-6-8-29-9-7-24/h2-5,10-12H,6-9,13H2,1H3. The summed E-state index contributed by atoms with van der Waals surface area (Å²) in [7, 11) is -3.81. The Morgan fingerprint density at radius 2 is 1.88 bits per heavy atom. The number of fused-ring (bicyclic) bond motifs is 1. The molecule has 3 aromatic rings. The molecule has 1 aromatic heterocycles. The van der Waals surface area contributed by atoms with E-state index in [4.69, 9.17) is 25.5 Å². The van der Waals surface area contributed by atoms with Gasteiger partial charge in [0, 0.05) is 30.1 Å². The molecular formula is C22H20ClNO7S. The zero-order chi connectivity index (χ0) is 22.9. The maximum atomic E-state index is 12.9. The summed E-state index contributed by atoms with van der Waals surface area (Å²) in [6, 6.07) is 10.5. The molecule has 0 saturated carbocycles. The molecule has 8 nitrogen and oxygen atoms in total. The number of halogens is 1. The lowest BCUT2D eigenvalue weighted by molar-refractivity contribution is 0.0473. The van der Waals surface area contributed by atoms with E-state index in [0.29, 0.717) is 29.7 Å². The fourth-order valence-corrected chi connectivity index (χ4v) is 5.06. The number of morpholine rings is 1. The number of rotatable bonds is 5. The van der Waals surface area contributed by atoms with Crippen LogP contribution in [0.2, 0.25) is 5.02 Å². The second-order valence-corrected chi connectivity index (χ2v) is 9.67. The molecular weight excluding hydrogens is 458 g/mol. The van der Waals surface area contributed by atoms with Crippen molar-refractivity contribution >= 4 is 38.6 Å². The Hall–Kier alpha value is -2.72. The van der Waals surface area contributed by atoms with Gasteiger partial charge in [0.2, 0.25) is 10.0 Å². The molecule has 2 aromatic carbocycles. The monoisotopic (exact) mass is 477 g/mol. The minimum Gasteiger partial charge on any atom is -0.457 e. The van der Waals surface area contributed by atoms with Crippen molar-refractivity contribution in [1.29, 1.82) is 0 Å². The lowest BCUT2D eigenvalue weighted by Crippen LogP contribution is -2.40. The van der Waals surface area contributed by atoms with E-state index in [2.05, 4.69) is 0 Å². The zero-order valence-electron chi connectivity index (χ0n) is 17.2. The molecule has 0 radical (unpaired) electrons. The van der Waals surface area contributed by atoms with Gasteiger partial charge in [-0.05, 0) is 36.8 Å². The normalized spacial score (nSPS) is 15.1. The molecule has 0 aliphatic carbocycles. The number of ether oxygens (including phenoxy) is 2. The fourth-order valence-electron chi connectivity index (χ4n) is 3.43. The SMILES string of the molecule is Cc1ccc2c(COC(=O)c3cc(S(=O)(=O)N4CCOCC4)ccc3Cl)cc(=O)oc2c1. The molecule has 1 aliphatic heterocycles. The first kappa shape index (κ1) is 22.5. The van der Waals surface area contributed by atoms with Crippen molar-refractivity contribution < 1.29 is 27.1 Å². The van der Waals surface area contributed by atoms with E-state index in [1.807, 2.05) is 13.0 Å². The van der Waals surface area contributed by atoms with Gasteiger partial charge in [0.15, 0.2) is 0 Å². The highest BCUT2D eigenvalue weighted by Crippen LogP contribution is 2.25. The summed E-state index contributed by atoms with van der Waals surface area (Å²) >= 11 is 6.15. The molecule has 32 heavy (non-hydrogen) atoms. The zero-order valence-corrected chi connectivity index (χ0v) is 18.7. The van der Waals surface area contributed by atoms with Crippen LogP contribution in [0, 0.1) is 6.92 Å². The number of sulfonamides is 1. The second-order valence-electron chi connectivity index (χ2n) is 7.32. The van der Waals surface area contributed by atoms with E-state index in [-0.39, 0.29) is 35.2 Å². The molecule has 10 heteroatoms. The van der Waals surface area contributed by atoms with Crippen LogP contribution in [-0.4, -0.2) is 45.0 Å². The first-order chi connectivity index (χ1) is 15.3. The van der Waals surface area contributed by atoms with E-state index in [0.717, 1.165) is 5.56 Å². The highest BCUT2D eigenvalue weighted by Gasteiger charge is 2.28. The van der Waals surface area contributed by atoms with Gasteiger partial charge < -0.3 is 13.9 Å². The van der Waals surface area contributed by atoms with E-state index < -0.39 is 21.6 Å². The fraction of sp³-hybridized carbons (Fsp3) is 0.273. The summed E-state index contributed by atoms with van der Waals surface area (Å²) < 4.78 is 42.9. The molecule has 0 spiro atoms. The average Bonchev–Trinajstić information content (AvgIpc) is 2.77. The smallest absolute Gasteiger partial charge is 0.340 e. The number of carbonyl (C=O) groups excluding carboxylic acids is 1. The molecule has 0 amide bonds. The predicted octanol–water partition coefficient (Wildman–Crippen LogP) is 3.13. The lowest BCUT2D eigenvalue weighted by Gasteiger charge is -2.26. The summed E-state index contributed by atoms with van der Waals surface area (Å²) in [6.45, 7) is 2.73. The third kappa shape index (κ3) is 4.56. The van der Waals surface area contributed by atoms with Crippen molar-refractivity contribution in [2.24, 2.45) is 0 Å². The van der Waals surface area contributed by atoms with Crippen LogP contribution in [0.15, 0.2) is 56.6 Å². The average molecular weight is 478 g/mol. The van der Waals surface area contributed by atoms with Crippen LogP contribution in [0.3, 0.4) is 0 Å². The van der Waals surface area contributed by atoms with Crippen molar-refractivity contribution in [3.8, 4) is 0 Å². The first-order valence-electron chi connectivity index (χ1n) is 9.84. The van der Waals surface area contributed by atoms with Crippen LogP contribution in [0.4, 0.5) is 0 Å². The van der Waals surface area contributed by atoms with E-state index in [1.165, 1.54) is 28.6 Å². The number of hydrogen-bond donors (Lipinski definition) is 0. The van der Waals surface area contributed by atoms with Crippen LogP contribution in [-0.2, 0) is 26.1 Å². The van der Waals surface area contributed by atoms with Crippen molar-refractivity contribution in [2.75, 3.05) is 26.3 Å². The number of hydrogen-bond acceptors (Lipinski definition) is 7. The van der Waals surface area contributed by atoms with Gasteiger partial charge in [0.25, 0.3) is 0 Å². The highest BCUT2D eigenvalue weighted by atomic mass is 35.5. The molecule has 0 bridgehead atoms. The first-order valence-corrected chi connectivity index (χ1v) is 11.7. The van der Waals surface area contributed by atoms with Crippen molar-refractivity contribution in [3.63, 3.8) is 0 Å². The van der Waals surface area contributed by atoms with Gasteiger partial charge in [-0.2, -0.15) is 4.31 Å². The van der Waals surface area contributed by atoms with Gasteiger partial charge in [-0.25, -0.2) is 18.0 Å². The summed E-state index contributed by atoms with van der Waals surface area (Å²) in [5.41, 5.74) is 1.13. The highest BCUT2D eigenvalue weighted by molar-refractivity contribution is 7.89. The molecule has 168 valence electrons. The largest absolute Gasteiger partial charge is 0.457 e. The molecule has 1 aliphatic rings. The minimum atomic E-state index is -3.81. The Labute approximate surface area is 189 Å². The number of esters is 1. The summed E-state index contributed by atoms with van der Waals surface area (Å²) in [5.74, 6) is -0.803. The quantitative estimate of drug-likeness (QED) is 0.410. The van der Waals surface area contributed by atoms with Crippen molar-refractivity contribution in [1.82, 2.24) is 4.31 Å². The molecule has 4 rings (SSSR count). The third-order valence-electron chi connectivity index (χ3n) is 5.11. The Balaban J connectivity index is 1.59. The Morgan fingerprint density at radius 1 is 1.12 bits per heavy atom. The van der Waals surface area contributed by atoms with E-state index >= 15 is 0 Å². The minimum absolute atomic E-state index is 0.0583. The Bertz CT molecular complexity index is 1340. The van der Waals surface area contributed by atoms with E-state index in [1.54, 1.807) is 12.1 Å². The molecule has 1 saturated heterocycles. The van der Waals surface area contributed by atoms with Crippen LogP contribution < -0.4 is 5.63 Å². The summed E-state index contributed by atoms with van der Waals surface area (Å²) in [4.78, 5) is 24.6. The van der Waals surface area contributed by atoms with Gasteiger partial charge in [0.1, 0.15) is 12.2 Å². The molecule has 0 N–H and O–H groups in total. The topological polar surface area (TPSA) is 103 Å².